The van der Waals surface area contributed by atoms with Crippen LogP contribution in [0, 0.1) is 0 Å². The molecule has 0 saturated carbocycles. The number of allylic oxidation sites excluding steroid dienone is 2. The van der Waals surface area contributed by atoms with E-state index in [4.69, 9.17) is 5.11 Å². The highest BCUT2D eigenvalue weighted by Gasteiger charge is 2.23. The lowest BCUT2D eigenvalue weighted by Gasteiger charge is -2.24. The average Bonchev–Trinajstić information content (AvgIpc) is 2.58. The molecule has 0 bridgehead atoms. The Kier molecular flexibility index (Phi) is 4.58. The van der Waals surface area contributed by atoms with Crippen molar-refractivity contribution in [3.63, 3.8) is 0 Å². The van der Waals surface area contributed by atoms with Crippen LogP contribution in [0.4, 0.5) is 4.79 Å². The maximum Gasteiger partial charge on any atom is 0.405 e. The first-order valence-electron chi connectivity index (χ1n) is 6.08. The normalized spacial score (nSPS) is 11.2. The summed E-state index contributed by atoms with van der Waals surface area (Å²) in [5.74, 6) is 0. The molecule has 0 unspecified atom stereocenters. The number of carbonyl (C=O) groups is 1. The van der Waals surface area contributed by atoms with Crippen LogP contribution in [0.25, 0.3) is 11.1 Å². The fraction of sp³-hybridized carbons (Fsp3) is 0.400. The van der Waals surface area contributed by atoms with Gasteiger partial charge in [-0.3, -0.25) is 0 Å². The van der Waals surface area contributed by atoms with Gasteiger partial charge in [-0.1, -0.05) is 13.2 Å². The van der Waals surface area contributed by atoms with Gasteiger partial charge in [0.15, 0.2) is 0 Å². The monoisotopic (exact) mass is 279 g/mol. The first-order chi connectivity index (χ1) is 8.62. The second kappa shape index (κ2) is 5.61. The van der Waals surface area contributed by atoms with Crippen LogP contribution in [-0.2, 0) is 6.42 Å². The summed E-state index contributed by atoms with van der Waals surface area (Å²) in [5.41, 5.74) is 2.62. The standard InChI is InChI=1S/C15H21NO2S/c1-9(2)12-7-11(13(19-12)10(3)4)8-15(5,6)16-14(17)18/h7,16H,1,3,8H2,2,4-6H3,(H,17,18). The van der Waals surface area contributed by atoms with Crippen molar-refractivity contribution in [2.24, 2.45) is 0 Å². The lowest BCUT2D eigenvalue weighted by Crippen LogP contribution is -2.44. The highest BCUT2D eigenvalue weighted by atomic mass is 32.1. The number of rotatable bonds is 5. The van der Waals surface area contributed by atoms with E-state index < -0.39 is 11.6 Å². The Labute approximate surface area is 118 Å². The summed E-state index contributed by atoms with van der Waals surface area (Å²) in [5, 5.41) is 11.4. The van der Waals surface area contributed by atoms with Gasteiger partial charge in [-0.25, -0.2) is 4.79 Å². The fourth-order valence-corrected chi connectivity index (χ4v) is 2.97. The molecule has 0 radical (unpaired) electrons. The summed E-state index contributed by atoms with van der Waals surface area (Å²) >= 11 is 1.66. The third-order valence-electron chi connectivity index (χ3n) is 2.69. The van der Waals surface area contributed by atoms with Crippen LogP contribution >= 0.6 is 11.3 Å². The number of nitrogens with one attached hydrogen (secondary N) is 1. The van der Waals surface area contributed by atoms with Crippen molar-refractivity contribution in [2.75, 3.05) is 0 Å². The molecule has 0 aliphatic carbocycles. The Morgan fingerprint density at radius 3 is 2.37 bits per heavy atom. The second-order valence-electron chi connectivity index (χ2n) is 5.52. The van der Waals surface area contributed by atoms with Gasteiger partial charge in [0.1, 0.15) is 0 Å². The molecule has 0 saturated heterocycles. The summed E-state index contributed by atoms with van der Waals surface area (Å²) in [6.07, 6.45) is -0.372. The molecule has 0 aliphatic heterocycles. The van der Waals surface area contributed by atoms with E-state index in [0.717, 1.165) is 26.5 Å². The molecular weight excluding hydrogens is 258 g/mol. The molecule has 0 atom stereocenters. The van der Waals surface area contributed by atoms with Crippen molar-refractivity contribution >= 4 is 28.6 Å². The molecule has 1 amide bonds. The summed E-state index contributed by atoms with van der Waals surface area (Å²) in [6, 6.07) is 2.09. The minimum absolute atomic E-state index is 0.510. The molecule has 3 nitrogen and oxygen atoms in total. The van der Waals surface area contributed by atoms with E-state index in [1.165, 1.54) is 0 Å². The van der Waals surface area contributed by atoms with E-state index >= 15 is 0 Å². The average molecular weight is 279 g/mol. The van der Waals surface area contributed by atoms with Crippen molar-refractivity contribution < 1.29 is 9.90 Å². The molecule has 4 heteroatoms. The fourth-order valence-electron chi connectivity index (χ4n) is 1.94. The topological polar surface area (TPSA) is 49.3 Å². The molecule has 1 rings (SSSR count). The van der Waals surface area contributed by atoms with E-state index in [1.54, 1.807) is 11.3 Å². The Balaban J connectivity index is 3.09. The van der Waals surface area contributed by atoms with Crippen LogP contribution in [0.3, 0.4) is 0 Å². The highest BCUT2D eigenvalue weighted by molar-refractivity contribution is 7.14. The molecule has 104 valence electrons. The maximum atomic E-state index is 10.8. The van der Waals surface area contributed by atoms with Crippen molar-refractivity contribution in [1.82, 2.24) is 5.32 Å². The van der Waals surface area contributed by atoms with Gasteiger partial charge in [-0.15, -0.1) is 11.3 Å². The number of hydrogen-bond donors (Lipinski definition) is 2. The van der Waals surface area contributed by atoms with Crippen molar-refractivity contribution in [3.8, 4) is 0 Å². The predicted molar refractivity (Wildman–Crippen MR) is 82.7 cm³/mol. The summed E-state index contributed by atoms with van der Waals surface area (Å²) in [6.45, 7) is 15.6. The molecule has 19 heavy (non-hydrogen) atoms. The van der Waals surface area contributed by atoms with E-state index in [9.17, 15) is 4.79 Å². The van der Waals surface area contributed by atoms with Crippen LogP contribution in [-0.4, -0.2) is 16.7 Å². The molecule has 1 heterocycles. The van der Waals surface area contributed by atoms with Crippen LogP contribution < -0.4 is 5.32 Å². The zero-order valence-corrected chi connectivity index (χ0v) is 12.8. The van der Waals surface area contributed by atoms with Crippen LogP contribution in [0.1, 0.15) is 43.0 Å². The zero-order valence-electron chi connectivity index (χ0n) is 12.0. The maximum absolute atomic E-state index is 10.8. The minimum atomic E-state index is -1.00. The third-order valence-corrected chi connectivity index (χ3v) is 4.20. The molecule has 0 fully saturated rings. The van der Waals surface area contributed by atoms with Crippen LogP contribution in [0.2, 0.25) is 0 Å². The number of thiophene rings is 1. The molecule has 2 N–H and O–H groups in total. The molecule has 0 aromatic carbocycles. The molecule has 0 spiro atoms. The zero-order chi connectivity index (χ0) is 14.8. The summed E-state index contributed by atoms with van der Waals surface area (Å²) in [7, 11) is 0. The molecular formula is C15H21NO2S. The van der Waals surface area contributed by atoms with Crippen molar-refractivity contribution in [1.29, 1.82) is 0 Å². The number of carboxylic acid groups (broad SMARTS) is 1. The second-order valence-corrected chi connectivity index (χ2v) is 6.57. The van der Waals surface area contributed by atoms with Gasteiger partial charge in [0.2, 0.25) is 0 Å². The van der Waals surface area contributed by atoms with Gasteiger partial charge in [0, 0.05) is 15.3 Å². The smallest absolute Gasteiger partial charge is 0.405 e. The van der Waals surface area contributed by atoms with Crippen molar-refractivity contribution in [3.05, 3.63) is 34.5 Å². The largest absolute Gasteiger partial charge is 0.465 e. The minimum Gasteiger partial charge on any atom is -0.465 e. The van der Waals surface area contributed by atoms with E-state index in [1.807, 2.05) is 27.7 Å². The highest BCUT2D eigenvalue weighted by Crippen LogP contribution is 2.33. The Hall–Kier alpha value is -1.55. The summed E-state index contributed by atoms with van der Waals surface area (Å²) < 4.78 is 0. The first kappa shape index (κ1) is 15.5. The Bertz CT molecular complexity index is 526. The Morgan fingerprint density at radius 2 is 1.95 bits per heavy atom. The van der Waals surface area contributed by atoms with E-state index in [2.05, 4.69) is 24.5 Å². The van der Waals surface area contributed by atoms with E-state index in [-0.39, 0.29) is 0 Å². The Morgan fingerprint density at radius 1 is 1.37 bits per heavy atom. The first-order valence-corrected chi connectivity index (χ1v) is 6.89. The quantitative estimate of drug-likeness (QED) is 0.839. The van der Waals surface area contributed by atoms with Gasteiger partial charge in [0.05, 0.1) is 0 Å². The number of hydrogen-bond acceptors (Lipinski definition) is 2. The molecule has 0 aliphatic rings. The van der Waals surface area contributed by atoms with Gasteiger partial charge in [-0.2, -0.15) is 0 Å². The lowest BCUT2D eigenvalue weighted by atomic mass is 9.94. The van der Waals surface area contributed by atoms with Crippen LogP contribution in [0.5, 0.6) is 0 Å². The van der Waals surface area contributed by atoms with Gasteiger partial charge >= 0.3 is 6.09 Å². The van der Waals surface area contributed by atoms with Gasteiger partial charge in [-0.05, 0) is 56.9 Å². The molecule has 1 aromatic rings. The van der Waals surface area contributed by atoms with Crippen LogP contribution in [0.15, 0.2) is 19.2 Å². The SMILES string of the molecule is C=C(C)c1cc(CC(C)(C)NC(=O)O)c(C(=C)C)s1. The van der Waals surface area contributed by atoms with Gasteiger partial charge < -0.3 is 10.4 Å². The van der Waals surface area contributed by atoms with Gasteiger partial charge in [0.25, 0.3) is 0 Å². The summed E-state index contributed by atoms with van der Waals surface area (Å²) in [4.78, 5) is 13.0. The lowest BCUT2D eigenvalue weighted by molar-refractivity contribution is 0.182. The number of amides is 1. The predicted octanol–water partition coefficient (Wildman–Crippen LogP) is 4.40. The van der Waals surface area contributed by atoms with E-state index in [0.29, 0.717) is 6.42 Å². The third kappa shape index (κ3) is 4.24. The molecule has 1 aromatic heterocycles. The van der Waals surface area contributed by atoms with Crippen molar-refractivity contribution in [2.45, 2.75) is 39.7 Å².